The van der Waals surface area contributed by atoms with Crippen LogP contribution < -0.4 is 0 Å². The van der Waals surface area contributed by atoms with Gasteiger partial charge in [-0.25, -0.2) is 8.42 Å². The van der Waals surface area contributed by atoms with Gasteiger partial charge < -0.3 is 5.11 Å². The molecule has 0 aromatic carbocycles. The normalized spacial score (nSPS) is 11.7. The summed E-state index contributed by atoms with van der Waals surface area (Å²) in [6, 6.07) is 4.34. The Morgan fingerprint density at radius 3 is 2.58 bits per heavy atom. The van der Waals surface area contributed by atoms with Gasteiger partial charge in [0.15, 0.2) is 0 Å². The molecule has 19 heavy (non-hydrogen) atoms. The van der Waals surface area contributed by atoms with Crippen molar-refractivity contribution in [1.29, 1.82) is 5.26 Å². The molecule has 0 amide bonds. The van der Waals surface area contributed by atoms with Crippen LogP contribution in [0, 0.1) is 11.3 Å². The Labute approximate surface area is 115 Å². The molecule has 0 saturated heterocycles. The zero-order valence-corrected chi connectivity index (χ0v) is 12.2. The van der Waals surface area contributed by atoms with Gasteiger partial charge in [-0.05, 0) is 26.0 Å². The highest BCUT2D eigenvalue weighted by Gasteiger charge is 2.28. The van der Waals surface area contributed by atoms with Crippen LogP contribution >= 0.6 is 11.3 Å². The second-order valence-corrected chi connectivity index (χ2v) is 7.28. The molecule has 0 saturated carbocycles. The van der Waals surface area contributed by atoms with Crippen LogP contribution in [0.1, 0.15) is 25.1 Å². The molecule has 0 atom stereocenters. The second-order valence-electron chi connectivity index (χ2n) is 4.08. The number of hydrogen-bond acceptors (Lipinski definition) is 5. The molecule has 0 bridgehead atoms. The van der Waals surface area contributed by atoms with Crippen LogP contribution in [0.25, 0.3) is 0 Å². The standard InChI is InChI=1S/C11H14N2O4S2/c1-8(2)13(6-5-10(14)15)19(16,17)11-4-3-9(7-12)18-11/h3-4,8H,5-6H2,1-2H3,(H,14,15). The zero-order chi connectivity index (χ0) is 14.6. The molecule has 6 nitrogen and oxygen atoms in total. The molecule has 1 aromatic heterocycles. The lowest BCUT2D eigenvalue weighted by Crippen LogP contribution is -2.38. The first-order valence-electron chi connectivity index (χ1n) is 5.52. The van der Waals surface area contributed by atoms with Crippen molar-refractivity contribution in [2.75, 3.05) is 6.54 Å². The number of nitrogens with zero attached hydrogens (tertiary/aromatic N) is 2. The minimum Gasteiger partial charge on any atom is -0.481 e. The molecule has 0 fully saturated rings. The van der Waals surface area contributed by atoms with E-state index in [0.717, 1.165) is 15.6 Å². The van der Waals surface area contributed by atoms with E-state index in [2.05, 4.69) is 0 Å². The number of carboxylic acid groups (broad SMARTS) is 1. The Morgan fingerprint density at radius 2 is 2.16 bits per heavy atom. The van der Waals surface area contributed by atoms with Crippen molar-refractivity contribution in [3.8, 4) is 6.07 Å². The molecule has 0 unspecified atom stereocenters. The lowest BCUT2D eigenvalue weighted by atomic mass is 10.3. The summed E-state index contributed by atoms with van der Waals surface area (Å²) >= 11 is 0.882. The number of carboxylic acids is 1. The van der Waals surface area contributed by atoms with Gasteiger partial charge in [0, 0.05) is 12.6 Å². The van der Waals surface area contributed by atoms with Crippen LogP contribution in [0.3, 0.4) is 0 Å². The predicted molar refractivity (Wildman–Crippen MR) is 70.3 cm³/mol. The van der Waals surface area contributed by atoms with Crippen LogP contribution in [0.2, 0.25) is 0 Å². The van der Waals surface area contributed by atoms with Gasteiger partial charge in [-0.15, -0.1) is 11.3 Å². The molecule has 0 aliphatic carbocycles. The minimum atomic E-state index is -3.75. The maximum atomic E-state index is 12.3. The Morgan fingerprint density at radius 1 is 1.53 bits per heavy atom. The summed E-state index contributed by atoms with van der Waals surface area (Å²) in [5, 5.41) is 17.4. The summed E-state index contributed by atoms with van der Waals surface area (Å²) in [5.41, 5.74) is 0. The van der Waals surface area contributed by atoms with Gasteiger partial charge in [-0.2, -0.15) is 9.57 Å². The van der Waals surface area contributed by atoms with E-state index in [1.807, 2.05) is 6.07 Å². The molecular formula is C11H14N2O4S2. The fourth-order valence-electron chi connectivity index (χ4n) is 1.50. The quantitative estimate of drug-likeness (QED) is 0.858. The summed E-state index contributed by atoms with van der Waals surface area (Å²) in [7, 11) is -3.75. The largest absolute Gasteiger partial charge is 0.481 e. The zero-order valence-electron chi connectivity index (χ0n) is 10.5. The van der Waals surface area contributed by atoms with Gasteiger partial charge in [0.05, 0.1) is 6.42 Å². The monoisotopic (exact) mass is 302 g/mol. The lowest BCUT2D eigenvalue weighted by Gasteiger charge is -2.24. The first-order chi connectivity index (χ1) is 8.78. The SMILES string of the molecule is CC(C)N(CCC(=O)O)S(=O)(=O)c1ccc(C#N)s1. The number of nitriles is 1. The van der Waals surface area contributed by atoms with E-state index in [-0.39, 0.29) is 23.2 Å². The number of thiophene rings is 1. The van der Waals surface area contributed by atoms with Gasteiger partial charge in [0.1, 0.15) is 15.2 Å². The molecule has 104 valence electrons. The third-order valence-corrected chi connectivity index (χ3v) is 5.91. The summed E-state index contributed by atoms with van der Waals surface area (Å²) in [5.74, 6) is -1.05. The molecular weight excluding hydrogens is 288 g/mol. The Balaban J connectivity index is 3.06. The van der Waals surface area contributed by atoms with E-state index in [0.29, 0.717) is 4.88 Å². The van der Waals surface area contributed by atoms with Gasteiger partial charge in [-0.1, -0.05) is 0 Å². The topological polar surface area (TPSA) is 98.5 Å². The average Bonchev–Trinajstić information content (AvgIpc) is 2.76. The van der Waals surface area contributed by atoms with E-state index >= 15 is 0 Å². The van der Waals surface area contributed by atoms with Crippen molar-refractivity contribution in [2.24, 2.45) is 0 Å². The third kappa shape index (κ3) is 3.76. The van der Waals surface area contributed by atoms with Gasteiger partial charge >= 0.3 is 5.97 Å². The first kappa shape index (κ1) is 15.6. The van der Waals surface area contributed by atoms with Crippen LogP contribution in [-0.4, -0.2) is 36.4 Å². The Kier molecular flexibility index (Phi) is 5.05. The summed E-state index contributed by atoms with van der Waals surface area (Å²) in [6.45, 7) is 3.27. The van der Waals surface area contributed by atoms with Crippen molar-refractivity contribution < 1.29 is 18.3 Å². The van der Waals surface area contributed by atoms with Crippen molar-refractivity contribution >= 4 is 27.3 Å². The first-order valence-corrected chi connectivity index (χ1v) is 7.78. The highest BCUT2D eigenvalue weighted by Crippen LogP contribution is 2.25. The number of rotatable bonds is 6. The van der Waals surface area contributed by atoms with E-state index in [9.17, 15) is 13.2 Å². The molecule has 0 aliphatic heterocycles. The Hall–Kier alpha value is -1.43. The fraction of sp³-hybridized carbons (Fsp3) is 0.455. The molecule has 1 rings (SSSR count). The molecule has 0 spiro atoms. The molecule has 1 aromatic rings. The predicted octanol–water partition coefficient (Wildman–Crippen LogP) is 1.49. The van der Waals surface area contributed by atoms with Gasteiger partial charge in [0.2, 0.25) is 0 Å². The number of carbonyl (C=O) groups is 1. The van der Waals surface area contributed by atoms with E-state index in [1.165, 1.54) is 12.1 Å². The average molecular weight is 302 g/mol. The van der Waals surface area contributed by atoms with Crippen LogP contribution in [0.5, 0.6) is 0 Å². The molecule has 0 radical (unpaired) electrons. The number of hydrogen-bond donors (Lipinski definition) is 1. The maximum Gasteiger partial charge on any atom is 0.304 e. The maximum absolute atomic E-state index is 12.3. The number of sulfonamides is 1. The smallest absolute Gasteiger partial charge is 0.304 e. The highest BCUT2D eigenvalue weighted by molar-refractivity contribution is 7.91. The van der Waals surface area contributed by atoms with Crippen molar-refractivity contribution in [3.05, 3.63) is 17.0 Å². The lowest BCUT2D eigenvalue weighted by molar-refractivity contribution is -0.137. The summed E-state index contributed by atoms with van der Waals surface area (Å²) in [6.07, 6.45) is -0.256. The van der Waals surface area contributed by atoms with E-state index in [1.54, 1.807) is 13.8 Å². The molecule has 0 aliphatic rings. The van der Waals surface area contributed by atoms with E-state index in [4.69, 9.17) is 10.4 Å². The van der Waals surface area contributed by atoms with Crippen molar-refractivity contribution in [2.45, 2.75) is 30.5 Å². The molecule has 8 heteroatoms. The van der Waals surface area contributed by atoms with Crippen LogP contribution in [-0.2, 0) is 14.8 Å². The van der Waals surface area contributed by atoms with Crippen LogP contribution in [0.4, 0.5) is 0 Å². The van der Waals surface area contributed by atoms with Crippen molar-refractivity contribution in [3.63, 3.8) is 0 Å². The summed E-state index contributed by atoms with van der Waals surface area (Å²) < 4.78 is 25.9. The van der Waals surface area contributed by atoms with Crippen molar-refractivity contribution in [1.82, 2.24) is 4.31 Å². The fourth-order valence-corrected chi connectivity index (χ4v) is 4.37. The summed E-state index contributed by atoms with van der Waals surface area (Å²) in [4.78, 5) is 10.9. The van der Waals surface area contributed by atoms with E-state index < -0.39 is 16.0 Å². The minimum absolute atomic E-state index is 0.0585. The van der Waals surface area contributed by atoms with Gasteiger partial charge in [-0.3, -0.25) is 4.79 Å². The third-order valence-electron chi connectivity index (χ3n) is 2.38. The second kappa shape index (κ2) is 6.14. The molecule has 1 N–H and O–H groups in total. The van der Waals surface area contributed by atoms with Crippen LogP contribution in [0.15, 0.2) is 16.3 Å². The Bertz CT molecular complexity index is 598. The number of aliphatic carboxylic acids is 1. The van der Waals surface area contributed by atoms with Gasteiger partial charge in [0.25, 0.3) is 10.0 Å². The molecule has 1 heterocycles. The highest BCUT2D eigenvalue weighted by atomic mass is 32.2.